The van der Waals surface area contributed by atoms with Crippen LogP contribution in [-0.2, 0) is 14.8 Å². The molecule has 0 atom stereocenters. The van der Waals surface area contributed by atoms with Crippen LogP contribution >= 0.6 is 0 Å². The summed E-state index contributed by atoms with van der Waals surface area (Å²) >= 11 is 0. The van der Waals surface area contributed by atoms with Crippen LogP contribution in [0.2, 0.25) is 0 Å². The van der Waals surface area contributed by atoms with E-state index < -0.39 is 10.0 Å². The van der Waals surface area contributed by atoms with E-state index in [2.05, 4.69) is 10.0 Å². The maximum absolute atomic E-state index is 12.0. The Bertz CT molecular complexity index is 849. The van der Waals surface area contributed by atoms with E-state index in [4.69, 9.17) is 4.74 Å². The molecule has 2 aromatic carbocycles. The first kappa shape index (κ1) is 19.7. The van der Waals surface area contributed by atoms with E-state index in [-0.39, 0.29) is 18.9 Å². The molecule has 2 aromatic rings. The van der Waals surface area contributed by atoms with Gasteiger partial charge in [0.2, 0.25) is 15.9 Å². The normalized spacial score (nSPS) is 11.4. The lowest BCUT2D eigenvalue weighted by molar-refractivity contribution is -0.116. The molecule has 2 N–H and O–H groups in total. The number of hydrogen-bond donors (Lipinski definition) is 2. The quantitative estimate of drug-likeness (QED) is 0.707. The average molecular weight is 374 g/mol. The minimum Gasteiger partial charge on any atom is -0.492 e. The fourth-order valence-electron chi connectivity index (χ4n) is 2.15. The summed E-state index contributed by atoms with van der Waals surface area (Å²) in [4.78, 5) is 12.0. The van der Waals surface area contributed by atoms with Crippen LogP contribution in [-0.4, -0.2) is 27.5 Å². The highest BCUT2D eigenvalue weighted by atomic mass is 32.2. The predicted molar refractivity (Wildman–Crippen MR) is 103 cm³/mol. The molecule has 0 fully saturated rings. The minimum atomic E-state index is -3.60. The zero-order chi connectivity index (χ0) is 18.8. The van der Waals surface area contributed by atoms with Crippen molar-refractivity contribution in [2.24, 2.45) is 0 Å². The minimum absolute atomic E-state index is 0.00407. The number of ether oxygens (including phenoxy) is 1. The van der Waals surface area contributed by atoms with E-state index in [1.807, 2.05) is 31.2 Å². The standard InChI is InChI=1S/C19H22N2O4S/c1-2-25-18-11-7-6-10-17(18)21-19(22)12-14-20-26(23,24)15-13-16-8-4-3-5-9-16/h3-11,13,15,20H,2,12,14H2,1H3,(H,21,22)/b15-13+. The molecule has 26 heavy (non-hydrogen) atoms. The summed E-state index contributed by atoms with van der Waals surface area (Å²) in [5.74, 6) is 0.279. The molecule has 1 amide bonds. The summed E-state index contributed by atoms with van der Waals surface area (Å²) in [5.41, 5.74) is 1.34. The Morgan fingerprint density at radius 1 is 1.08 bits per heavy atom. The van der Waals surface area contributed by atoms with Crippen molar-refractivity contribution >= 4 is 27.7 Å². The van der Waals surface area contributed by atoms with Crippen molar-refractivity contribution in [1.82, 2.24) is 4.72 Å². The number of anilines is 1. The van der Waals surface area contributed by atoms with Gasteiger partial charge in [-0.05, 0) is 30.7 Å². The number of rotatable bonds is 9. The highest BCUT2D eigenvalue weighted by molar-refractivity contribution is 7.92. The molecule has 6 nitrogen and oxygen atoms in total. The summed E-state index contributed by atoms with van der Waals surface area (Å²) < 4.78 is 31.7. The monoisotopic (exact) mass is 374 g/mol. The number of sulfonamides is 1. The van der Waals surface area contributed by atoms with Gasteiger partial charge in [0.25, 0.3) is 0 Å². The third kappa shape index (κ3) is 6.70. The van der Waals surface area contributed by atoms with Crippen LogP contribution in [0.4, 0.5) is 5.69 Å². The Morgan fingerprint density at radius 2 is 1.77 bits per heavy atom. The molecule has 0 unspecified atom stereocenters. The van der Waals surface area contributed by atoms with Crippen LogP contribution < -0.4 is 14.8 Å². The molecule has 0 bridgehead atoms. The Morgan fingerprint density at radius 3 is 2.50 bits per heavy atom. The summed E-state index contributed by atoms with van der Waals surface area (Å²) in [5, 5.41) is 3.81. The Kier molecular flexibility index (Phi) is 7.37. The first-order valence-corrected chi connectivity index (χ1v) is 9.79. The number of para-hydroxylation sites is 2. The van der Waals surface area contributed by atoms with Crippen LogP contribution in [0.1, 0.15) is 18.9 Å². The van der Waals surface area contributed by atoms with Gasteiger partial charge in [0.15, 0.2) is 0 Å². The van der Waals surface area contributed by atoms with E-state index in [0.717, 1.165) is 11.0 Å². The molecule has 0 aromatic heterocycles. The lowest BCUT2D eigenvalue weighted by Gasteiger charge is -2.11. The fraction of sp³-hybridized carbons (Fsp3) is 0.211. The number of carbonyl (C=O) groups excluding carboxylic acids is 1. The predicted octanol–water partition coefficient (Wildman–Crippen LogP) is 3.00. The van der Waals surface area contributed by atoms with Gasteiger partial charge in [-0.25, -0.2) is 13.1 Å². The Labute approximate surface area is 153 Å². The first-order valence-electron chi connectivity index (χ1n) is 8.24. The SMILES string of the molecule is CCOc1ccccc1NC(=O)CCNS(=O)(=O)/C=C/c1ccccc1. The third-order valence-corrected chi connectivity index (χ3v) is 4.46. The van der Waals surface area contributed by atoms with E-state index in [9.17, 15) is 13.2 Å². The molecule has 0 aliphatic carbocycles. The van der Waals surface area contributed by atoms with E-state index in [1.54, 1.807) is 30.3 Å². The van der Waals surface area contributed by atoms with Gasteiger partial charge in [-0.2, -0.15) is 0 Å². The third-order valence-electron chi connectivity index (χ3n) is 3.36. The molecule has 0 spiro atoms. The van der Waals surface area contributed by atoms with E-state index >= 15 is 0 Å². The number of carbonyl (C=O) groups is 1. The number of hydrogen-bond acceptors (Lipinski definition) is 4. The second kappa shape index (κ2) is 9.74. The summed E-state index contributed by atoms with van der Waals surface area (Å²) in [7, 11) is -3.60. The van der Waals surface area contributed by atoms with Crippen LogP contribution in [0.5, 0.6) is 5.75 Å². The van der Waals surface area contributed by atoms with Crippen LogP contribution in [0, 0.1) is 0 Å². The molecule has 0 heterocycles. The summed E-state index contributed by atoms with van der Waals surface area (Å²) in [6, 6.07) is 16.2. The zero-order valence-corrected chi connectivity index (χ0v) is 15.3. The summed E-state index contributed by atoms with van der Waals surface area (Å²) in [6.45, 7) is 2.35. The molecule has 0 aliphatic heterocycles. The Balaban J connectivity index is 1.83. The van der Waals surface area contributed by atoms with Gasteiger partial charge in [0, 0.05) is 18.4 Å². The fourth-order valence-corrected chi connectivity index (χ4v) is 2.97. The number of benzene rings is 2. The van der Waals surface area contributed by atoms with Crippen molar-refractivity contribution in [2.75, 3.05) is 18.5 Å². The molecule has 0 saturated carbocycles. The lowest BCUT2D eigenvalue weighted by Crippen LogP contribution is -2.26. The van der Waals surface area contributed by atoms with E-state index in [0.29, 0.717) is 18.0 Å². The molecular formula is C19H22N2O4S. The van der Waals surface area contributed by atoms with Crippen molar-refractivity contribution in [3.05, 3.63) is 65.6 Å². The second-order valence-corrected chi connectivity index (χ2v) is 7.03. The van der Waals surface area contributed by atoms with Crippen molar-refractivity contribution in [3.63, 3.8) is 0 Å². The molecule has 0 saturated heterocycles. The number of amides is 1. The molecule has 0 aliphatic rings. The maximum atomic E-state index is 12.0. The Hall–Kier alpha value is -2.64. The van der Waals surface area contributed by atoms with Gasteiger partial charge in [0.1, 0.15) is 5.75 Å². The van der Waals surface area contributed by atoms with Crippen LogP contribution in [0.25, 0.3) is 6.08 Å². The molecule has 138 valence electrons. The van der Waals surface area contributed by atoms with Gasteiger partial charge in [-0.15, -0.1) is 0 Å². The van der Waals surface area contributed by atoms with Crippen molar-refractivity contribution in [3.8, 4) is 5.75 Å². The van der Waals surface area contributed by atoms with Crippen molar-refractivity contribution in [1.29, 1.82) is 0 Å². The topological polar surface area (TPSA) is 84.5 Å². The summed E-state index contributed by atoms with van der Waals surface area (Å²) in [6.07, 6.45) is 1.51. The first-order chi connectivity index (χ1) is 12.5. The van der Waals surface area contributed by atoms with Gasteiger partial charge in [0.05, 0.1) is 12.3 Å². The van der Waals surface area contributed by atoms with Crippen molar-refractivity contribution < 1.29 is 17.9 Å². The zero-order valence-electron chi connectivity index (χ0n) is 14.5. The van der Waals surface area contributed by atoms with E-state index in [1.165, 1.54) is 6.08 Å². The molecular weight excluding hydrogens is 352 g/mol. The molecule has 0 radical (unpaired) electrons. The smallest absolute Gasteiger partial charge is 0.233 e. The van der Waals surface area contributed by atoms with Gasteiger partial charge in [-0.3, -0.25) is 4.79 Å². The largest absolute Gasteiger partial charge is 0.492 e. The van der Waals surface area contributed by atoms with Gasteiger partial charge in [-0.1, -0.05) is 42.5 Å². The lowest BCUT2D eigenvalue weighted by atomic mass is 10.2. The molecule has 2 rings (SSSR count). The van der Waals surface area contributed by atoms with Gasteiger partial charge >= 0.3 is 0 Å². The second-order valence-electron chi connectivity index (χ2n) is 5.38. The average Bonchev–Trinajstić information content (AvgIpc) is 2.63. The number of nitrogens with one attached hydrogen (secondary N) is 2. The van der Waals surface area contributed by atoms with Crippen LogP contribution in [0.15, 0.2) is 60.0 Å². The van der Waals surface area contributed by atoms with Crippen LogP contribution in [0.3, 0.4) is 0 Å². The van der Waals surface area contributed by atoms with Gasteiger partial charge < -0.3 is 10.1 Å². The molecule has 7 heteroatoms. The highest BCUT2D eigenvalue weighted by Crippen LogP contribution is 2.23. The van der Waals surface area contributed by atoms with Crippen molar-refractivity contribution in [2.45, 2.75) is 13.3 Å². The highest BCUT2D eigenvalue weighted by Gasteiger charge is 2.09. The maximum Gasteiger partial charge on any atom is 0.233 e.